The predicted octanol–water partition coefficient (Wildman–Crippen LogP) is 6.83. The molecule has 326 valence electrons. The second kappa shape index (κ2) is 15.7. The van der Waals surface area contributed by atoms with Crippen LogP contribution in [0.25, 0.3) is 22.2 Å². The number of H-pyrrole nitrogens is 1. The number of nitrogens with zero attached hydrogens (tertiary/aromatic N) is 5. The number of likely N-dealkylation sites (tertiary alicyclic amines) is 1. The van der Waals surface area contributed by atoms with Crippen molar-refractivity contribution in [1.29, 1.82) is 0 Å². The Morgan fingerprint density at radius 3 is 2.56 bits per heavy atom. The lowest BCUT2D eigenvalue weighted by molar-refractivity contribution is -0.124. The second-order valence-corrected chi connectivity index (χ2v) is 19.5. The molecule has 2 N–H and O–H groups in total. The van der Waals surface area contributed by atoms with Gasteiger partial charge in [0.25, 0.3) is 5.91 Å². The van der Waals surface area contributed by atoms with Crippen LogP contribution < -0.4 is 9.62 Å². The van der Waals surface area contributed by atoms with Gasteiger partial charge in [0.1, 0.15) is 17.6 Å². The fraction of sp³-hybridized carbons (Fsp3) is 0.362. The molecule has 2 aromatic heterocycles. The second-order valence-electron chi connectivity index (χ2n) is 17.8. The summed E-state index contributed by atoms with van der Waals surface area (Å²) in [5.74, 6) is -3.50. The summed E-state index contributed by atoms with van der Waals surface area (Å²) in [5, 5.41) is 0.340. The minimum absolute atomic E-state index is 0.00689. The lowest BCUT2D eigenvalue weighted by atomic mass is 9.79. The van der Waals surface area contributed by atoms with Crippen molar-refractivity contribution in [3.05, 3.63) is 125 Å². The SMILES string of the molecule is C=C1CCC(N2Cc3cc(N4CCC5(CN(CCc6ccc(-c7cnc8[nH]cc(C(=O)c9c(F)ccc(NS(=O)(=O)N%10CC[C@@H](F)C%10)c9F)c8c7)cc6)C5)C4)ccc3C2=O)C(=O)C1. The quantitative estimate of drug-likeness (QED) is 0.109. The van der Waals surface area contributed by atoms with E-state index in [1.165, 1.54) is 6.20 Å². The molecule has 4 aliphatic heterocycles. The number of pyridine rings is 1. The third-order valence-electron chi connectivity index (χ3n) is 13.6. The van der Waals surface area contributed by atoms with E-state index in [0.717, 1.165) is 96.4 Å². The number of nitrogens with one attached hydrogen (secondary N) is 2. The van der Waals surface area contributed by atoms with E-state index in [-0.39, 0.29) is 48.2 Å². The third kappa shape index (κ3) is 7.61. The van der Waals surface area contributed by atoms with Gasteiger partial charge in [0.15, 0.2) is 11.6 Å². The van der Waals surface area contributed by atoms with Crippen LogP contribution in [0, 0.1) is 17.0 Å². The number of amides is 1. The maximum atomic E-state index is 15.7. The molecular formula is C47H46F3N7O5S. The monoisotopic (exact) mass is 877 g/mol. The molecule has 5 aromatic rings. The lowest BCUT2D eigenvalue weighted by Crippen LogP contribution is -2.57. The standard InChI is InChI=1S/C47H46F3N7O5S/c1-28-2-11-40(41(58)18-28)57-23-32-19-34(7-8-35(32)46(57)60)55-17-14-47(27-55)25-54(26-47)15-12-29-3-5-30(6-4-29)31-20-36-37(22-52-45(36)51-21-31)44(59)42-38(49)9-10-39(43(42)50)53-63(61,62)56-16-13-33(48)24-56/h3-10,19-22,33,40,53H,1-2,11-18,23-27H2,(H,51,52)/t33-,40?/m1/s1. The summed E-state index contributed by atoms with van der Waals surface area (Å²) in [6.07, 6.45) is 5.38. The predicted molar refractivity (Wildman–Crippen MR) is 232 cm³/mol. The van der Waals surface area contributed by atoms with Gasteiger partial charge in [0.05, 0.1) is 17.3 Å². The zero-order valence-corrected chi connectivity index (χ0v) is 35.3. The molecule has 0 radical (unpaired) electrons. The van der Waals surface area contributed by atoms with Crippen LogP contribution in [0.3, 0.4) is 0 Å². The van der Waals surface area contributed by atoms with Crippen LogP contribution in [0.1, 0.15) is 69.5 Å². The molecule has 1 saturated carbocycles. The Morgan fingerprint density at radius 2 is 1.79 bits per heavy atom. The van der Waals surface area contributed by atoms with Crippen LogP contribution in [0.2, 0.25) is 0 Å². The van der Waals surface area contributed by atoms with Crippen LogP contribution in [0.4, 0.5) is 24.5 Å². The fourth-order valence-electron chi connectivity index (χ4n) is 10.1. The van der Waals surface area contributed by atoms with E-state index >= 15 is 8.78 Å². The summed E-state index contributed by atoms with van der Waals surface area (Å²) in [7, 11) is -4.35. The van der Waals surface area contributed by atoms with Crippen LogP contribution in [-0.2, 0) is 28.0 Å². The highest BCUT2D eigenvalue weighted by Crippen LogP contribution is 2.42. The number of anilines is 2. The van der Waals surface area contributed by atoms with Gasteiger partial charge < -0.3 is 19.7 Å². The molecule has 1 unspecified atom stereocenters. The summed E-state index contributed by atoms with van der Waals surface area (Å²) < 4.78 is 73.0. The lowest BCUT2D eigenvalue weighted by Gasteiger charge is -2.48. The van der Waals surface area contributed by atoms with Crippen molar-refractivity contribution in [3.63, 3.8) is 0 Å². The summed E-state index contributed by atoms with van der Waals surface area (Å²) in [4.78, 5) is 53.7. The third-order valence-corrected chi connectivity index (χ3v) is 15.0. The minimum atomic E-state index is -4.35. The molecule has 12 nitrogen and oxygen atoms in total. The molecule has 5 aliphatic rings. The van der Waals surface area contributed by atoms with E-state index in [0.29, 0.717) is 41.5 Å². The Morgan fingerprint density at radius 1 is 0.984 bits per heavy atom. The van der Waals surface area contributed by atoms with Gasteiger partial charge in [-0.15, -0.1) is 0 Å². The topological polar surface area (TPSA) is 139 Å². The fourth-order valence-corrected chi connectivity index (χ4v) is 11.4. The van der Waals surface area contributed by atoms with E-state index in [1.807, 2.05) is 22.9 Å². The van der Waals surface area contributed by atoms with Crippen molar-refractivity contribution >= 4 is 50.1 Å². The summed E-state index contributed by atoms with van der Waals surface area (Å²) in [5.41, 5.74) is 5.44. The number of carbonyl (C=O) groups excluding carboxylic acids is 3. The Bertz CT molecular complexity index is 2830. The number of carbonyl (C=O) groups is 3. The largest absolute Gasteiger partial charge is 0.371 e. The van der Waals surface area contributed by atoms with E-state index in [2.05, 4.69) is 50.6 Å². The number of alkyl halides is 1. The van der Waals surface area contributed by atoms with Gasteiger partial charge in [-0.1, -0.05) is 36.4 Å². The van der Waals surface area contributed by atoms with Crippen molar-refractivity contribution in [2.24, 2.45) is 5.41 Å². The van der Waals surface area contributed by atoms with Gasteiger partial charge in [-0.05, 0) is 85.2 Å². The maximum Gasteiger partial charge on any atom is 0.301 e. The molecule has 6 heterocycles. The number of hydrogen-bond acceptors (Lipinski definition) is 8. The molecule has 4 fully saturated rings. The van der Waals surface area contributed by atoms with Gasteiger partial charge in [-0.3, -0.25) is 19.1 Å². The highest BCUT2D eigenvalue weighted by atomic mass is 32.2. The number of rotatable bonds is 11. The molecule has 0 bridgehead atoms. The van der Waals surface area contributed by atoms with Crippen molar-refractivity contribution in [2.75, 3.05) is 55.4 Å². The van der Waals surface area contributed by atoms with E-state index < -0.39 is 45.0 Å². The first kappa shape index (κ1) is 41.2. The smallest absolute Gasteiger partial charge is 0.301 e. The molecule has 16 heteroatoms. The van der Waals surface area contributed by atoms with Crippen molar-refractivity contribution in [1.82, 2.24) is 24.1 Å². The normalized spacial score (nSPS) is 21.5. The van der Waals surface area contributed by atoms with Gasteiger partial charge in [0.2, 0.25) is 5.78 Å². The van der Waals surface area contributed by atoms with Gasteiger partial charge >= 0.3 is 10.2 Å². The highest BCUT2D eigenvalue weighted by Gasteiger charge is 2.47. The maximum absolute atomic E-state index is 15.7. The molecule has 1 amide bonds. The van der Waals surface area contributed by atoms with Gasteiger partial charge in [-0.2, -0.15) is 12.7 Å². The summed E-state index contributed by atoms with van der Waals surface area (Å²) >= 11 is 0. The molecule has 3 aromatic carbocycles. The Labute approximate surface area is 362 Å². The van der Waals surface area contributed by atoms with Gasteiger partial charge in [0, 0.05) is 104 Å². The number of Topliss-reactive ketones (excluding diaryl/α,β-unsaturated/α-hetero) is 1. The van der Waals surface area contributed by atoms with Crippen molar-refractivity contribution in [2.45, 2.75) is 57.3 Å². The van der Waals surface area contributed by atoms with E-state index in [9.17, 15) is 27.2 Å². The first-order valence-electron chi connectivity index (χ1n) is 21.4. The molecule has 63 heavy (non-hydrogen) atoms. The number of allylic oxidation sites excluding steroid dienone is 1. The number of benzene rings is 3. The molecular weight excluding hydrogens is 832 g/mol. The average Bonchev–Trinajstić information content (AvgIpc) is 4.06. The van der Waals surface area contributed by atoms with Crippen LogP contribution >= 0.6 is 0 Å². The highest BCUT2D eigenvalue weighted by molar-refractivity contribution is 7.90. The van der Waals surface area contributed by atoms with Crippen molar-refractivity contribution in [3.8, 4) is 11.1 Å². The molecule has 3 saturated heterocycles. The molecule has 1 spiro atoms. The number of aromatic nitrogens is 2. The van der Waals surface area contributed by atoms with Gasteiger partial charge in [-0.25, -0.2) is 18.2 Å². The average molecular weight is 878 g/mol. The number of halogens is 3. The van der Waals surface area contributed by atoms with Crippen molar-refractivity contribution < 1.29 is 36.0 Å². The van der Waals surface area contributed by atoms with Crippen LogP contribution in [0.5, 0.6) is 0 Å². The number of ketones is 2. The van der Waals surface area contributed by atoms with E-state index in [4.69, 9.17) is 0 Å². The number of fused-ring (bicyclic) bond motifs is 2. The number of aromatic amines is 1. The minimum Gasteiger partial charge on any atom is -0.371 e. The Hall–Kier alpha value is -5.84. The Kier molecular flexibility index (Phi) is 10.3. The van der Waals surface area contributed by atoms with Crippen LogP contribution in [0.15, 0.2) is 85.2 Å². The molecule has 2 atom stereocenters. The van der Waals surface area contributed by atoms with E-state index in [1.54, 1.807) is 17.2 Å². The summed E-state index contributed by atoms with van der Waals surface area (Å²) in [6, 6.07) is 17.3. The first-order valence-corrected chi connectivity index (χ1v) is 22.8. The van der Waals surface area contributed by atoms with Crippen LogP contribution in [-0.4, -0.2) is 108 Å². The molecule has 1 aliphatic carbocycles. The zero-order valence-electron chi connectivity index (χ0n) is 34.5. The Balaban J connectivity index is 0.752. The molecule has 10 rings (SSSR count). The number of hydrogen-bond donors (Lipinski definition) is 2. The summed E-state index contributed by atoms with van der Waals surface area (Å²) in [6.45, 7) is 8.84. The zero-order chi connectivity index (χ0) is 43.8. The first-order chi connectivity index (χ1) is 30.2.